The molecule has 2 aliphatic heterocycles. The van der Waals surface area contributed by atoms with Crippen molar-refractivity contribution in [2.75, 3.05) is 18.4 Å². The summed E-state index contributed by atoms with van der Waals surface area (Å²) in [5.74, 6) is -0.444. The molecule has 3 rings (SSSR count). The zero-order chi connectivity index (χ0) is 15.0. The van der Waals surface area contributed by atoms with Crippen LogP contribution in [0.3, 0.4) is 0 Å². The van der Waals surface area contributed by atoms with Crippen molar-refractivity contribution in [3.8, 4) is 0 Å². The van der Waals surface area contributed by atoms with Crippen molar-refractivity contribution in [2.45, 2.75) is 31.8 Å². The van der Waals surface area contributed by atoms with E-state index in [-0.39, 0.29) is 30.3 Å². The Hall–Kier alpha value is -1.88. The van der Waals surface area contributed by atoms with Gasteiger partial charge in [0.25, 0.3) is 0 Å². The summed E-state index contributed by atoms with van der Waals surface area (Å²) < 4.78 is 0. The summed E-state index contributed by atoms with van der Waals surface area (Å²) in [7, 11) is 0. The number of nitrogens with zero attached hydrogens (tertiary/aromatic N) is 1. The molecule has 0 bridgehead atoms. The van der Waals surface area contributed by atoms with E-state index in [0.29, 0.717) is 19.5 Å². The number of likely N-dealkylation sites (tertiary alicyclic amines) is 1. The van der Waals surface area contributed by atoms with Crippen LogP contribution in [0.15, 0.2) is 24.3 Å². The highest BCUT2D eigenvalue weighted by Crippen LogP contribution is 2.34. The van der Waals surface area contributed by atoms with Crippen LogP contribution in [0.4, 0.5) is 5.69 Å². The molecule has 3 atom stereocenters. The van der Waals surface area contributed by atoms with Gasteiger partial charge in [-0.05, 0) is 24.0 Å². The molecule has 0 radical (unpaired) electrons. The van der Waals surface area contributed by atoms with Crippen molar-refractivity contribution in [2.24, 2.45) is 5.92 Å². The number of amides is 2. The summed E-state index contributed by atoms with van der Waals surface area (Å²) in [5.41, 5.74) is 1.62. The van der Waals surface area contributed by atoms with Crippen molar-refractivity contribution >= 4 is 17.5 Å². The molecule has 112 valence electrons. The molecule has 21 heavy (non-hydrogen) atoms. The van der Waals surface area contributed by atoms with Crippen LogP contribution >= 0.6 is 0 Å². The molecule has 0 aliphatic carbocycles. The number of para-hydroxylation sites is 1. The van der Waals surface area contributed by atoms with E-state index in [2.05, 4.69) is 5.32 Å². The van der Waals surface area contributed by atoms with Crippen LogP contribution in [0.1, 0.15) is 31.2 Å². The first kappa shape index (κ1) is 14.1. The Balaban J connectivity index is 1.83. The fraction of sp³-hybridized carbons (Fsp3) is 0.500. The number of rotatable bonds is 1. The number of anilines is 1. The number of carbonyl (C=O) groups is 2. The Kier molecular flexibility index (Phi) is 3.68. The third kappa shape index (κ3) is 2.65. The van der Waals surface area contributed by atoms with E-state index < -0.39 is 5.92 Å². The van der Waals surface area contributed by atoms with Crippen LogP contribution in [0, 0.1) is 5.92 Å². The minimum absolute atomic E-state index is 0.00366. The Morgan fingerprint density at radius 3 is 2.90 bits per heavy atom. The quantitative estimate of drug-likeness (QED) is 0.819. The lowest BCUT2D eigenvalue weighted by molar-refractivity contribution is -0.138. The van der Waals surface area contributed by atoms with Gasteiger partial charge in [-0.1, -0.05) is 25.1 Å². The zero-order valence-electron chi connectivity index (χ0n) is 12.1. The Bertz CT molecular complexity index is 572. The van der Waals surface area contributed by atoms with Gasteiger partial charge in [0.15, 0.2) is 0 Å². The number of carbonyl (C=O) groups excluding carboxylic acids is 2. The molecular formula is C16H20N2O3. The highest BCUT2D eigenvalue weighted by atomic mass is 16.3. The standard InChI is InChI=1S/C16H20N2O3/c1-10-9-18(7-6-14(10)19)16(21)12-8-15(20)17-13-5-3-2-4-11(12)13/h2-5,10,12,14,19H,6-9H2,1H3,(H,17,20). The van der Waals surface area contributed by atoms with Gasteiger partial charge in [-0.25, -0.2) is 0 Å². The SMILES string of the molecule is CC1CN(C(=O)C2CC(=O)Nc3ccccc32)CCC1O. The van der Waals surface area contributed by atoms with Crippen LogP contribution in [-0.2, 0) is 9.59 Å². The van der Waals surface area contributed by atoms with Crippen molar-refractivity contribution in [1.82, 2.24) is 4.90 Å². The summed E-state index contributed by atoms with van der Waals surface area (Å²) in [5, 5.41) is 12.6. The van der Waals surface area contributed by atoms with E-state index in [0.717, 1.165) is 11.3 Å². The van der Waals surface area contributed by atoms with E-state index in [9.17, 15) is 14.7 Å². The summed E-state index contributed by atoms with van der Waals surface area (Å²) >= 11 is 0. The first-order chi connectivity index (χ1) is 10.1. The molecule has 5 heteroatoms. The summed E-state index contributed by atoms with van der Waals surface area (Å²) in [4.78, 5) is 26.4. The maximum atomic E-state index is 12.8. The van der Waals surface area contributed by atoms with E-state index in [4.69, 9.17) is 0 Å². The van der Waals surface area contributed by atoms with Gasteiger partial charge in [-0.2, -0.15) is 0 Å². The minimum atomic E-state index is -0.405. The fourth-order valence-corrected chi connectivity index (χ4v) is 3.19. The van der Waals surface area contributed by atoms with Crippen molar-refractivity contribution in [3.05, 3.63) is 29.8 Å². The number of piperidine rings is 1. The van der Waals surface area contributed by atoms with Gasteiger partial charge >= 0.3 is 0 Å². The molecule has 2 aliphatic rings. The van der Waals surface area contributed by atoms with Gasteiger partial charge in [0, 0.05) is 25.2 Å². The molecule has 3 unspecified atom stereocenters. The van der Waals surface area contributed by atoms with E-state index in [1.54, 1.807) is 4.90 Å². The molecule has 1 saturated heterocycles. The van der Waals surface area contributed by atoms with Gasteiger partial charge in [-0.15, -0.1) is 0 Å². The molecule has 0 spiro atoms. The molecule has 1 aromatic rings. The molecule has 5 nitrogen and oxygen atoms in total. The van der Waals surface area contributed by atoms with E-state index in [1.807, 2.05) is 31.2 Å². The fourth-order valence-electron chi connectivity index (χ4n) is 3.19. The topological polar surface area (TPSA) is 69.6 Å². The van der Waals surface area contributed by atoms with Crippen molar-refractivity contribution in [3.63, 3.8) is 0 Å². The van der Waals surface area contributed by atoms with E-state index in [1.165, 1.54) is 0 Å². The van der Waals surface area contributed by atoms with Crippen LogP contribution in [-0.4, -0.2) is 41.0 Å². The second-order valence-electron chi connectivity index (χ2n) is 6.01. The number of hydrogen-bond donors (Lipinski definition) is 2. The lowest BCUT2D eigenvalue weighted by Crippen LogP contribution is -2.47. The van der Waals surface area contributed by atoms with Gasteiger partial charge in [0.05, 0.1) is 12.0 Å². The van der Waals surface area contributed by atoms with Crippen molar-refractivity contribution in [1.29, 1.82) is 0 Å². The lowest BCUT2D eigenvalue weighted by Gasteiger charge is -2.37. The van der Waals surface area contributed by atoms with E-state index >= 15 is 0 Å². The highest BCUT2D eigenvalue weighted by Gasteiger charge is 2.36. The Labute approximate surface area is 123 Å². The maximum absolute atomic E-state index is 12.8. The van der Waals surface area contributed by atoms with Gasteiger partial charge in [0.1, 0.15) is 0 Å². The summed E-state index contributed by atoms with van der Waals surface area (Å²) in [6.45, 7) is 3.07. The lowest BCUT2D eigenvalue weighted by atomic mass is 9.88. The number of benzene rings is 1. The van der Waals surface area contributed by atoms with Crippen LogP contribution in [0.25, 0.3) is 0 Å². The number of fused-ring (bicyclic) bond motifs is 1. The van der Waals surface area contributed by atoms with Gasteiger partial charge < -0.3 is 15.3 Å². The summed E-state index contributed by atoms with van der Waals surface area (Å²) in [6, 6.07) is 7.47. The largest absolute Gasteiger partial charge is 0.393 e. The van der Waals surface area contributed by atoms with Gasteiger partial charge in [0.2, 0.25) is 11.8 Å². The minimum Gasteiger partial charge on any atom is -0.393 e. The maximum Gasteiger partial charge on any atom is 0.230 e. The number of hydrogen-bond acceptors (Lipinski definition) is 3. The molecule has 0 aromatic heterocycles. The average molecular weight is 288 g/mol. The molecular weight excluding hydrogens is 268 g/mol. The number of nitrogens with one attached hydrogen (secondary N) is 1. The third-order valence-corrected chi connectivity index (χ3v) is 4.47. The highest BCUT2D eigenvalue weighted by molar-refractivity contribution is 6.01. The third-order valence-electron chi connectivity index (χ3n) is 4.47. The van der Waals surface area contributed by atoms with Crippen molar-refractivity contribution < 1.29 is 14.7 Å². The molecule has 2 amide bonds. The number of aliphatic hydroxyl groups is 1. The molecule has 1 aromatic carbocycles. The smallest absolute Gasteiger partial charge is 0.230 e. The molecule has 2 heterocycles. The van der Waals surface area contributed by atoms with Crippen LogP contribution in [0.2, 0.25) is 0 Å². The normalized spacial score (nSPS) is 28.8. The van der Waals surface area contributed by atoms with Crippen LogP contribution in [0.5, 0.6) is 0 Å². The summed E-state index contributed by atoms with van der Waals surface area (Å²) in [6.07, 6.45) is 0.465. The monoisotopic (exact) mass is 288 g/mol. The first-order valence-corrected chi connectivity index (χ1v) is 7.42. The van der Waals surface area contributed by atoms with Crippen LogP contribution < -0.4 is 5.32 Å². The first-order valence-electron chi connectivity index (χ1n) is 7.42. The average Bonchev–Trinajstić information content (AvgIpc) is 2.48. The second kappa shape index (κ2) is 5.48. The Morgan fingerprint density at radius 1 is 1.38 bits per heavy atom. The Morgan fingerprint density at radius 2 is 2.14 bits per heavy atom. The predicted octanol–water partition coefficient (Wildman–Crippen LogP) is 1.34. The second-order valence-corrected chi connectivity index (χ2v) is 6.01. The molecule has 1 fully saturated rings. The molecule has 2 N–H and O–H groups in total. The number of aliphatic hydroxyl groups excluding tert-OH is 1. The molecule has 0 saturated carbocycles. The zero-order valence-corrected chi connectivity index (χ0v) is 12.1. The predicted molar refractivity (Wildman–Crippen MR) is 78.8 cm³/mol. The van der Waals surface area contributed by atoms with Gasteiger partial charge in [-0.3, -0.25) is 9.59 Å².